The van der Waals surface area contributed by atoms with Gasteiger partial charge in [-0.1, -0.05) is 152 Å². The third-order valence-corrected chi connectivity index (χ3v) is 11.3. The van der Waals surface area contributed by atoms with E-state index in [1.807, 2.05) is 0 Å². The summed E-state index contributed by atoms with van der Waals surface area (Å²) >= 11 is 0. The number of nitrogens with zero attached hydrogens (tertiary/aromatic N) is 2. The minimum absolute atomic E-state index is 1.14. The highest BCUT2D eigenvalue weighted by Gasteiger charge is 2.18. The zero-order valence-corrected chi connectivity index (χ0v) is 30.7. The molecule has 11 aromatic rings. The molecule has 11 rings (SSSR count). The molecule has 0 N–H and O–H groups in total. The first-order valence-electron chi connectivity index (χ1n) is 19.3. The lowest BCUT2D eigenvalue weighted by molar-refractivity contribution is 1.18. The van der Waals surface area contributed by atoms with Gasteiger partial charge in [-0.15, -0.1) is 0 Å². The summed E-state index contributed by atoms with van der Waals surface area (Å²) in [5.41, 5.74) is 16.8. The van der Waals surface area contributed by atoms with Crippen LogP contribution in [0.25, 0.3) is 99.5 Å². The van der Waals surface area contributed by atoms with E-state index in [1.165, 1.54) is 93.8 Å². The van der Waals surface area contributed by atoms with Gasteiger partial charge in [0.1, 0.15) is 0 Å². The summed E-state index contributed by atoms with van der Waals surface area (Å²) in [7, 11) is 0. The van der Waals surface area contributed by atoms with Gasteiger partial charge >= 0.3 is 0 Å². The Kier molecular flexibility index (Phi) is 7.53. The van der Waals surface area contributed by atoms with Gasteiger partial charge in [0.05, 0.1) is 22.1 Å². The molecule has 0 bridgehead atoms. The third kappa shape index (κ3) is 5.26. The lowest BCUT2D eigenvalue weighted by Crippen LogP contribution is -1.94. The molecule has 0 aliphatic heterocycles. The molecule has 0 unspecified atom stereocenters. The molecule has 0 amide bonds. The van der Waals surface area contributed by atoms with Crippen LogP contribution in [0.3, 0.4) is 0 Å². The van der Waals surface area contributed by atoms with Gasteiger partial charge in [0.15, 0.2) is 0 Å². The SMILES string of the molecule is c1ccc(-c2cccc(-c3ccc(-n4c5ccc(-c6ccc7c(c6)c6ccccc6n7-c6ccccc6)cc5c5c(-c6ccccc6)cccc54)cc3)c2)cc1. The van der Waals surface area contributed by atoms with Crippen LogP contribution < -0.4 is 0 Å². The second-order valence-electron chi connectivity index (χ2n) is 14.5. The van der Waals surface area contributed by atoms with Crippen molar-refractivity contribution in [2.75, 3.05) is 0 Å². The molecule has 0 saturated heterocycles. The van der Waals surface area contributed by atoms with Crippen molar-refractivity contribution in [3.05, 3.63) is 218 Å². The van der Waals surface area contributed by atoms with Crippen molar-refractivity contribution in [2.45, 2.75) is 0 Å². The zero-order chi connectivity index (χ0) is 37.0. The van der Waals surface area contributed by atoms with Crippen LogP contribution in [0.4, 0.5) is 0 Å². The molecule has 9 aromatic carbocycles. The van der Waals surface area contributed by atoms with E-state index < -0.39 is 0 Å². The molecule has 0 spiro atoms. The molecule has 2 aromatic heterocycles. The second-order valence-corrected chi connectivity index (χ2v) is 14.5. The number of rotatable bonds is 6. The first kappa shape index (κ1) is 32.0. The summed E-state index contributed by atoms with van der Waals surface area (Å²) in [6, 6.07) is 79.4. The first-order valence-corrected chi connectivity index (χ1v) is 19.3. The summed E-state index contributed by atoms with van der Waals surface area (Å²) in [6.45, 7) is 0. The second kappa shape index (κ2) is 13.2. The van der Waals surface area contributed by atoms with Crippen molar-refractivity contribution in [3.63, 3.8) is 0 Å². The largest absolute Gasteiger partial charge is 0.309 e. The van der Waals surface area contributed by atoms with E-state index in [0.29, 0.717) is 0 Å². The Morgan fingerprint density at radius 3 is 1.39 bits per heavy atom. The van der Waals surface area contributed by atoms with Crippen molar-refractivity contribution in [1.82, 2.24) is 9.13 Å². The van der Waals surface area contributed by atoms with Gasteiger partial charge in [0.2, 0.25) is 0 Å². The molecule has 2 nitrogen and oxygen atoms in total. The molecule has 2 heterocycles. The normalized spacial score (nSPS) is 11.6. The van der Waals surface area contributed by atoms with E-state index in [-0.39, 0.29) is 0 Å². The fourth-order valence-corrected chi connectivity index (χ4v) is 8.71. The van der Waals surface area contributed by atoms with Crippen LogP contribution in [0.15, 0.2) is 218 Å². The van der Waals surface area contributed by atoms with Gasteiger partial charge in [0, 0.05) is 32.9 Å². The standard InChI is InChI=1S/C54H36N2/c1-4-14-37(15-5-1)40-18-12-19-41(34-40)38-26-30-45(31-27-38)56-52-33-29-43(36-49(52)54-46(23-13-25-53(54)56)39-16-6-2-7-17-39)42-28-32-51-48(35-42)47-22-10-11-24-50(47)55(51)44-20-8-3-9-21-44/h1-36H. The molecule has 56 heavy (non-hydrogen) atoms. The van der Waals surface area contributed by atoms with Gasteiger partial charge < -0.3 is 9.13 Å². The number of fused-ring (bicyclic) bond motifs is 6. The number of para-hydroxylation sites is 2. The van der Waals surface area contributed by atoms with E-state index >= 15 is 0 Å². The highest BCUT2D eigenvalue weighted by Crippen LogP contribution is 2.42. The molecule has 2 heteroatoms. The molecular formula is C54H36N2. The smallest absolute Gasteiger partial charge is 0.0547 e. The molecule has 0 aliphatic rings. The van der Waals surface area contributed by atoms with Gasteiger partial charge in [-0.2, -0.15) is 0 Å². The Morgan fingerprint density at radius 2 is 0.679 bits per heavy atom. The van der Waals surface area contributed by atoms with Crippen LogP contribution in [0.1, 0.15) is 0 Å². The maximum atomic E-state index is 2.43. The predicted molar refractivity (Wildman–Crippen MR) is 237 cm³/mol. The first-order chi connectivity index (χ1) is 27.8. The van der Waals surface area contributed by atoms with Gasteiger partial charge in [-0.25, -0.2) is 0 Å². The summed E-state index contributed by atoms with van der Waals surface area (Å²) in [6.07, 6.45) is 0. The topological polar surface area (TPSA) is 9.86 Å². The van der Waals surface area contributed by atoms with Crippen LogP contribution in [-0.4, -0.2) is 9.13 Å². The highest BCUT2D eigenvalue weighted by atomic mass is 15.0. The summed E-state index contributed by atoms with van der Waals surface area (Å²) < 4.78 is 4.81. The van der Waals surface area contributed by atoms with E-state index in [4.69, 9.17) is 0 Å². The summed E-state index contributed by atoms with van der Waals surface area (Å²) in [5, 5.41) is 5.01. The molecular weight excluding hydrogens is 677 g/mol. The number of hydrogen-bond donors (Lipinski definition) is 0. The van der Waals surface area contributed by atoms with Crippen LogP contribution in [0, 0.1) is 0 Å². The molecule has 0 aliphatic carbocycles. The fraction of sp³-hybridized carbons (Fsp3) is 0. The van der Waals surface area contributed by atoms with Crippen molar-refractivity contribution >= 4 is 43.6 Å². The van der Waals surface area contributed by atoms with E-state index in [0.717, 1.165) is 5.69 Å². The van der Waals surface area contributed by atoms with E-state index in [2.05, 4.69) is 228 Å². The molecule has 0 fully saturated rings. The van der Waals surface area contributed by atoms with Crippen LogP contribution in [0.2, 0.25) is 0 Å². The van der Waals surface area contributed by atoms with Crippen LogP contribution in [-0.2, 0) is 0 Å². The fourth-order valence-electron chi connectivity index (χ4n) is 8.71. The van der Waals surface area contributed by atoms with Crippen molar-refractivity contribution in [3.8, 4) is 55.9 Å². The predicted octanol–water partition coefficient (Wildman–Crippen LogP) is 14.5. The van der Waals surface area contributed by atoms with E-state index in [9.17, 15) is 0 Å². The zero-order valence-electron chi connectivity index (χ0n) is 30.7. The molecule has 262 valence electrons. The number of benzene rings is 9. The van der Waals surface area contributed by atoms with Crippen molar-refractivity contribution in [2.24, 2.45) is 0 Å². The van der Waals surface area contributed by atoms with Gasteiger partial charge in [-0.3, -0.25) is 0 Å². The number of hydrogen-bond acceptors (Lipinski definition) is 0. The number of aromatic nitrogens is 2. The lowest BCUT2D eigenvalue weighted by atomic mass is 9.97. The maximum Gasteiger partial charge on any atom is 0.0547 e. The summed E-state index contributed by atoms with van der Waals surface area (Å²) in [5.74, 6) is 0. The highest BCUT2D eigenvalue weighted by molar-refractivity contribution is 6.17. The Balaban J connectivity index is 1.08. The molecule has 0 saturated carbocycles. The van der Waals surface area contributed by atoms with Gasteiger partial charge in [-0.05, 0) is 111 Å². The van der Waals surface area contributed by atoms with Crippen LogP contribution in [0.5, 0.6) is 0 Å². The lowest BCUT2D eigenvalue weighted by Gasteiger charge is -2.11. The average molecular weight is 713 g/mol. The Bertz CT molecular complexity index is 3210. The average Bonchev–Trinajstić information content (AvgIpc) is 3.80. The molecule has 0 atom stereocenters. The van der Waals surface area contributed by atoms with E-state index in [1.54, 1.807) is 0 Å². The minimum atomic E-state index is 1.14. The Labute approximate surface area is 325 Å². The van der Waals surface area contributed by atoms with Crippen LogP contribution >= 0.6 is 0 Å². The van der Waals surface area contributed by atoms with Crippen molar-refractivity contribution < 1.29 is 0 Å². The van der Waals surface area contributed by atoms with Gasteiger partial charge in [0.25, 0.3) is 0 Å². The maximum absolute atomic E-state index is 2.43. The quantitative estimate of drug-likeness (QED) is 0.162. The Morgan fingerprint density at radius 1 is 0.232 bits per heavy atom. The van der Waals surface area contributed by atoms with Crippen molar-refractivity contribution in [1.29, 1.82) is 0 Å². The monoisotopic (exact) mass is 712 g/mol. The summed E-state index contributed by atoms with van der Waals surface area (Å²) in [4.78, 5) is 0. The third-order valence-electron chi connectivity index (χ3n) is 11.3. The minimum Gasteiger partial charge on any atom is -0.309 e. The Hall–Kier alpha value is -7.42. The molecule has 0 radical (unpaired) electrons.